The van der Waals surface area contributed by atoms with E-state index in [4.69, 9.17) is 4.74 Å². The van der Waals surface area contributed by atoms with Crippen molar-refractivity contribution in [3.8, 4) is 0 Å². The average Bonchev–Trinajstić information content (AvgIpc) is 2.50. The topological polar surface area (TPSA) is 53.0 Å². The number of carboxylic acid groups (broad SMARTS) is 1. The molecule has 5 heteroatoms. The van der Waals surface area contributed by atoms with Crippen LogP contribution in [0.25, 0.3) is 0 Å². The van der Waals surface area contributed by atoms with Crippen molar-refractivity contribution in [3.05, 3.63) is 34.9 Å². The van der Waals surface area contributed by atoms with Gasteiger partial charge in [0.15, 0.2) is 0 Å². The Balaban J connectivity index is 1.95. The Labute approximate surface area is 138 Å². The van der Waals surface area contributed by atoms with Gasteiger partial charge in [-0.1, -0.05) is 23.8 Å². The van der Waals surface area contributed by atoms with Crippen LogP contribution in [0.5, 0.6) is 0 Å². The van der Waals surface area contributed by atoms with E-state index in [1.807, 2.05) is 44.0 Å². The molecule has 2 rings (SSSR count). The van der Waals surface area contributed by atoms with Gasteiger partial charge in [-0.15, -0.1) is 0 Å². The maximum atomic E-state index is 11.8. The zero-order valence-corrected chi connectivity index (χ0v) is 14.4. The van der Waals surface area contributed by atoms with Gasteiger partial charge in [0.1, 0.15) is 6.04 Å². The summed E-state index contributed by atoms with van der Waals surface area (Å²) in [6.45, 7) is 9.32. The zero-order chi connectivity index (χ0) is 16.8. The number of nitrogens with zero attached hydrogens (tertiary/aromatic N) is 2. The molecule has 23 heavy (non-hydrogen) atoms. The van der Waals surface area contributed by atoms with Gasteiger partial charge in [-0.2, -0.15) is 0 Å². The summed E-state index contributed by atoms with van der Waals surface area (Å²) >= 11 is 0. The maximum absolute atomic E-state index is 11.8. The molecule has 0 aliphatic carbocycles. The number of aryl methyl sites for hydroxylation is 2. The number of aliphatic carboxylic acids is 1. The number of benzene rings is 1. The third-order valence-corrected chi connectivity index (χ3v) is 4.48. The van der Waals surface area contributed by atoms with E-state index in [-0.39, 0.29) is 0 Å². The normalized spacial score (nSPS) is 17.4. The van der Waals surface area contributed by atoms with Gasteiger partial charge >= 0.3 is 5.97 Å². The molecule has 1 saturated heterocycles. The lowest BCUT2D eigenvalue weighted by molar-refractivity contribution is -0.143. The summed E-state index contributed by atoms with van der Waals surface area (Å²) in [6.07, 6.45) is 0.963. The van der Waals surface area contributed by atoms with Crippen molar-refractivity contribution in [2.75, 3.05) is 46.4 Å². The van der Waals surface area contributed by atoms with Crippen LogP contribution in [0.15, 0.2) is 18.2 Å². The molecule has 1 aliphatic rings. The number of hydrogen-bond donors (Lipinski definition) is 1. The van der Waals surface area contributed by atoms with Crippen molar-refractivity contribution in [1.29, 1.82) is 0 Å². The standard InChI is InChI=1S/C18H28N2O3/c1-14-5-6-16(15(2)13-14)17(18(21)22)19(3)7-4-8-20-9-11-23-12-10-20/h5-6,13,17H,4,7-12H2,1-3H3,(H,21,22)/t17-/m0/s1. The monoisotopic (exact) mass is 320 g/mol. The molecule has 1 aliphatic heterocycles. The minimum absolute atomic E-state index is 0.583. The molecule has 0 radical (unpaired) electrons. The van der Waals surface area contributed by atoms with E-state index in [2.05, 4.69) is 4.90 Å². The summed E-state index contributed by atoms with van der Waals surface area (Å²) in [5, 5.41) is 9.67. The summed E-state index contributed by atoms with van der Waals surface area (Å²) in [4.78, 5) is 16.1. The molecule has 1 fully saturated rings. The lowest BCUT2D eigenvalue weighted by atomic mass is 9.98. The van der Waals surface area contributed by atoms with Crippen LogP contribution in [0.1, 0.15) is 29.2 Å². The van der Waals surface area contributed by atoms with E-state index in [9.17, 15) is 9.90 Å². The van der Waals surface area contributed by atoms with Crippen molar-refractivity contribution in [2.24, 2.45) is 0 Å². The quantitative estimate of drug-likeness (QED) is 0.834. The highest BCUT2D eigenvalue weighted by Crippen LogP contribution is 2.24. The number of morpholine rings is 1. The molecule has 1 aromatic rings. The lowest BCUT2D eigenvalue weighted by Crippen LogP contribution is -2.39. The first-order chi connectivity index (χ1) is 11.0. The minimum Gasteiger partial charge on any atom is -0.480 e. The molecular formula is C18H28N2O3. The Bertz CT molecular complexity index is 527. The highest BCUT2D eigenvalue weighted by atomic mass is 16.5. The molecule has 0 spiro atoms. The van der Waals surface area contributed by atoms with Crippen LogP contribution in [-0.4, -0.2) is 67.3 Å². The Hall–Kier alpha value is -1.43. The zero-order valence-electron chi connectivity index (χ0n) is 14.4. The van der Waals surface area contributed by atoms with Crippen molar-refractivity contribution < 1.29 is 14.6 Å². The van der Waals surface area contributed by atoms with Crippen LogP contribution in [0.3, 0.4) is 0 Å². The van der Waals surface area contributed by atoms with Gasteiger partial charge in [0.05, 0.1) is 13.2 Å². The largest absolute Gasteiger partial charge is 0.480 e. The van der Waals surface area contributed by atoms with Gasteiger partial charge in [0.2, 0.25) is 0 Å². The van der Waals surface area contributed by atoms with Crippen molar-refractivity contribution in [3.63, 3.8) is 0 Å². The molecule has 5 nitrogen and oxygen atoms in total. The van der Waals surface area contributed by atoms with Crippen LogP contribution in [0.4, 0.5) is 0 Å². The molecule has 1 heterocycles. The van der Waals surface area contributed by atoms with Gasteiger partial charge in [-0.3, -0.25) is 14.6 Å². The van der Waals surface area contributed by atoms with Crippen LogP contribution >= 0.6 is 0 Å². The lowest BCUT2D eigenvalue weighted by Gasteiger charge is -2.29. The molecule has 128 valence electrons. The first kappa shape index (κ1) is 17.9. The van der Waals surface area contributed by atoms with E-state index in [1.54, 1.807) is 0 Å². The first-order valence-electron chi connectivity index (χ1n) is 8.29. The number of carbonyl (C=O) groups is 1. The summed E-state index contributed by atoms with van der Waals surface area (Å²) in [7, 11) is 1.90. The third kappa shape index (κ3) is 5.03. The molecule has 0 amide bonds. The fraction of sp³-hybridized carbons (Fsp3) is 0.611. The summed E-state index contributed by atoms with van der Waals surface area (Å²) in [6, 6.07) is 5.40. The fourth-order valence-electron chi connectivity index (χ4n) is 3.19. The van der Waals surface area contributed by atoms with Crippen molar-refractivity contribution in [1.82, 2.24) is 9.80 Å². The smallest absolute Gasteiger partial charge is 0.325 e. The molecular weight excluding hydrogens is 292 g/mol. The second-order valence-corrected chi connectivity index (χ2v) is 6.39. The minimum atomic E-state index is -0.786. The Morgan fingerprint density at radius 1 is 1.35 bits per heavy atom. The second-order valence-electron chi connectivity index (χ2n) is 6.39. The summed E-state index contributed by atoms with van der Waals surface area (Å²) in [5.74, 6) is -0.786. The number of ether oxygens (including phenoxy) is 1. The SMILES string of the molecule is Cc1ccc([C@@H](C(=O)O)N(C)CCCN2CCOCC2)c(C)c1. The number of carboxylic acids is 1. The molecule has 1 aromatic carbocycles. The molecule has 1 N–H and O–H groups in total. The van der Waals surface area contributed by atoms with Gasteiger partial charge < -0.3 is 9.84 Å². The predicted octanol–water partition coefficient (Wildman–Crippen LogP) is 2.08. The van der Waals surface area contributed by atoms with Gasteiger partial charge in [0, 0.05) is 19.6 Å². The van der Waals surface area contributed by atoms with Crippen LogP contribution < -0.4 is 0 Å². The third-order valence-electron chi connectivity index (χ3n) is 4.48. The van der Waals surface area contributed by atoms with E-state index in [0.29, 0.717) is 0 Å². The van der Waals surface area contributed by atoms with Gasteiger partial charge in [-0.05, 0) is 45.0 Å². The fourth-order valence-corrected chi connectivity index (χ4v) is 3.19. The highest BCUT2D eigenvalue weighted by molar-refractivity contribution is 5.76. The van der Waals surface area contributed by atoms with Gasteiger partial charge in [-0.25, -0.2) is 0 Å². The molecule has 0 unspecified atom stereocenters. The van der Waals surface area contributed by atoms with Crippen molar-refractivity contribution in [2.45, 2.75) is 26.3 Å². The van der Waals surface area contributed by atoms with Gasteiger partial charge in [0.25, 0.3) is 0 Å². The molecule has 0 bridgehead atoms. The van der Waals surface area contributed by atoms with Crippen LogP contribution in [0.2, 0.25) is 0 Å². The van der Waals surface area contributed by atoms with Crippen LogP contribution in [0, 0.1) is 13.8 Å². The van der Waals surface area contributed by atoms with Crippen molar-refractivity contribution >= 4 is 5.97 Å². The number of hydrogen-bond acceptors (Lipinski definition) is 4. The van der Waals surface area contributed by atoms with Crippen LogP contribution in [-0.2, 0) is 9.53 Å². The summed E-state index contributed by atoms with van der Waals surface area (Å²) < 4.78 is 5.35. The van der Waals surface area contributed by atoms with E-state index in [0.717, 1.165) is 62.5 Å². The molecule has 0 saturated carbocycles. The Morgan fingerprint density at radius 2 is 2.04 bits per heavy atom. The average molecular weight is 320 g/mol. The predicted molar refractivity (Wildman–Crippen MR) is 90.8 cm³/mol. The Kier molecular flexibility index (Phi) is 6.57. The second kappa shape index (κ2) is 8.43. The molecule has 1 atom stereocenters. The van der Waals surface area contributed by atoms with E-state index in [1.165, 1.54) is 0 Å². The highest BCUT2D eigenvalue weighted by Gasteiger charge is 2.26. The summed E-state index contributed by atoms with van der Waals surface area (Å²) in [5.41, 5.74) is 3.08. The number of likely N-dealkylation sites (N-methyl/N-ethyl adjacent to an activating group) is 1. The molecule has 0 aromatic heterocycles. The maximum Gasteiger partial charge on any atom is 0.325 e. The van der Waals surface area contributed by atoms with E-state index >= 15 is 0 Å². The number of rotatable bonds is 7. The Morgan fingerprint density at radius 3 is 2.65 bits per heavy atom. The van der Waals surface area contributed by atoms with E-state index < -0.39 is 12.0 Å². The first-order valence-corrected chi connectivity index (χ1v) is 8.29.